The van der Waals surface area contributed by atoms with E-state index in [0.717, 1.165) is 4.90 Å². The van der Waals surface area contributed by atoms with E-state index < -0.39 is 18.6 Å². The molecule has 21 heavy (non-hydrogen) atoms. The minimum atomic E-state index is -4.44. The number of carbonyl (C=O) groups excluding carboxylic acids is 1. The fraction of sp³-hybridized carbons (Fsp3) is 0.500. The lowest BCUT2D eigenvalue weighted by Gasteiger charge is -2.26. The zero-order chi connectivity index (χ0) is 16.2. The average Bonchev–Trinajstić information content (AvgIpc) is 2.34. The first-order valence-electron chi connectivity index (χ1n) is 6.43. The predicted octanol–water partition coefficient (Wildman–Crippen LogP) is 2.94. The summed E-state index contributed by atoms with van der Waals surface area (Å²) < 4.78 is 42.7. The van der Waals surface area contributed by atoms with Gasteiger partial charge in [-0.15, -0.1) is 0 Å². The van der Waals surface area contributed by atoms with Gasteiger partial charge in [0.25, 0.3) is 5.91 Å². The number of benzene rings is 1. The van der Waals surface area contributed by atoms with Gasteiger partial charge in [0.15, 0.2) is 0 Å². The molecule has 0 fully saturated rings. The highest BCUT2D eigenvalue weighted by atomic mass is 19.4. The SMILES string of the molecule is COc1ccc(C(=O)N(CC(C)C)CC(F)(F)F)cc1N. The smallest absolute Gasteiger partial charge is 0.406 e. The molecular formula is C14H19F3N2O2. The van der Waals surface area contributed by atoms with Crippen LogP contribution in [-0.4, -0.2) is 37.2 Å². The third kappa shape index (κ3) is 5.17. The van der Waals surface area contributed by atoms with Crippen molar-refractivity contribution in [2.24, 2.45) is 5.92 Å². The lowest BCUT2D eigenvalue weighted by Crippen LogP contribution is -2.41. The second kappa shape index (κ2) is 6.69. The molecule has 0 bridgehead atoms. The number of methoxy groups -OCH3 is 1. The molecule has 1 aromatic carbocycles. The molecule has 0 saturated heterocycles. The molecule has 0 aliphatic rings. The van der Waals surface area contributed by atoms with Crippen molar-refractivity contribution in [3.05, 3.63) is 23.8 Å². The first-order chi connectivity index (χ1) is 9.64. The lowest BCUT2D eigenvalue weighted by molar-refractivity contribution is -0.141. The van der Waals surface area contributed by atoms with E-state index in [2.05, 4.69) is 0 Å². The van der Waals surface area contributed by atoms with E-state index in [9.17, 15) is 18.0 Å². The quantitative estimate of drug-likeness (QED) is 0.851. The summed E-state index contributed by atoms with van der Waals surface area (Å²) in [5, 5.41) is 0. The number of hydrogen-bond donors (Lipinski definition) is 1. The molecule has 0 atom stereocenters. The number of alkyl halides is 3. The van der Waals surface area contributed by atoms with Crippen LogP contribution in [0.2, 0.25) is 0 Å². The van der Waals surface area contributed by atoms with Crippen molar-refractivity contribution >= 4 is 11.6 Å². The Morgan fingerprint density at radius 2 is 2.00 bits per heavy atom. The monoisotopic (exact) mass is 304 g/mol. The Morgan fingerprint density at radius 1 is 1.38 bits per heavy atom. The second-order valence-corrected chi connectivity index (χ2v) is 5.15. The van der Waals surface area contributed by atoms with E-state index in [1.807, 2.05) is 0 Å². The van der Waals surface area contributed by atoms with Gasteiger partial charge < -0.3 is 15.4 Å². The van der Waals surface area contributed by atoms with E-state index in [-0.39, 0.29) is 23.7 Å². The Hall–Kier alpha value is -1.92. The van der Waals surface area contributed by atoms with Gasteiger partial charge in [-0.05, 0) is 24.1 Å². The molecule has 0 unspecified atom stereocenters. The van der Waals surface area contributed by atoms with Crippen LogP contribution in [0.1, 0.15) is 24.2 Å². The molecule has 0 spiro atoms. The zero-order valence-electron chi connectivity index (χ0n) is 12.2. The molecule has 1 amide bonds. The largest absolute Gasteiger partial charge is 0.495 e. The molecule has 118 valence electrons. The molecule has 2 N–H and O–H groups in total. The normalized spacial score (nSPS) is 11.6. The molecule has 0 radical (unpaired) electrons. The van der Waals surface area contributed by atoms with Crippen LogP contribution in [0.25, 0.3) is 0 Å². The summed E-state index contributed by atoms with van der Waals surface area (Å²) in [6.07, 6.45) is -4.44. The molecule has 0 aromatic heterocycles. The highest BCUT2D eigenvalue weighted by molar-refractivity contribution is 5.95. The van der Waals surface area contributed by atoms with Gasteiger partial charge in [0.1, 0.15) is 12.3 Å². The summed E-state index contributed by atoms with van der Waals surface area (Å²) in [6, 6.07) is 4.19. The molecule has 0 aliphatic heterocycles. The Morgan fingerprint density at radius 3 is 2.43 bits per heavy atom. The van der Waals surface area contributed by atoms with Crippen LogP contribution in [0.5, 0.6) is 5.75 Å². The van der Waals surface area contributed by atoms with E-state index in [1.54, 1.807) is 13.8 Å². The maximum Gasteiger partial charge on any atom is 0.406 e. The summed E-state index contributed by atoms with van der Waals surface area (Å²) in [7, 11) is 1.42. The molecule has 0 saturated carbocycles. The van der Waals surface area contributed by atoms with Gasteiger partial charge in [0.2, 0.25) is 0 Å². The van der Waals surface area contributed by atoms with Gasteiger partial charge in [-0.3, -0.25) is 4.79 Å². The van der Waals surface area contributed by atoms with Crippen molar-refractivity contribution in [2.45, 2.75) is 20.0 Å². The second-order valence-electron chi connectivity index (χ2n) is 5.15. The van der Waals surface area contributed by atoms with Crippen LogP contribution in [0.4, 0.5) is 18.9 Å². The molecule has 4 nitrogen and oxygen atoms in total. The topological polar surface area (TPSA) is 55.6 Å². The van der Waals surface area contributed by atoms with Crippen molar-refractivity contribution in [3.8, 4) is 5.75 Å². The number of hydrogen-bond acceptors (Lipinski definition) is 3. The van der Waals surface area contributed by atoms with Crippen LogP contribution >= 0.6 is 0 Å². The van der Waals surface area contributed by atoms with Gasteiger partial charge in [-0.25, -0.2) is 0 Å². The fourth-order valence-corrected chi connectivity index (χ4v) is 1.93. The molecule has 1 rings (SSSR count). The number of carbonyl (C=O) groups is 1. The maximum absolute atomic E-state index is 12.6. The number of rotatable bonds is 5. The summed E-state index contributed by atoms with van der Waals surface area (Å²) in [5.74, 6) is -0.403. The lowest BCUT2D eigenvalue weighted by atomic mass is 10.1. The number of halogens is 3. The van der Waals surface area contributed by atoms with Gasteiger partial charge in [0.05, 0.1) is 12.8 Å². The van der Waals surface area contributed by atoms with Crippen LogP contribution < -0.4 is 10.5 Å². The highest BCUT2D eigenvalue weighted by Gasteiger charge is 2.33. The summed E-state index contributed by atoms with van der Waals surface area (Å²) >= 11 is 0. The Labute approximate surface area is 121 Å². The molecule has 7 heteroatoms. The molecule has 0 aliphatic carbocycles. The van der Waals surface area contributed by atoms with E-state index >= 15 is 0 Å². The fourth-order valence-electron chi connectivity index (χ4n) is 1.93. The van der Waals surface area contributed by atoms with Gasteiger partial charge in [-0.1, -0.05) is 13.8 Å². The minimum absolute atomic E-state index is 0.0181. The van der Waals surface area contributed by atoms with Crippen LogP contribution in [0, 0.1) is 5.92 Å². The number of amides is 1. The predicted molar refractivity (Wildman–Crippen MR) is 74.2 cm³/mol. The van der Waals surface area contributed by atoms with Crippen LogP contribution in [-0.2, 0) is 0 Å². The van der Waals surface area contributed by atoms with Crippen molar-refractivity contribution in [1.29, 1.82) is 0 Å². The highest BCUT2D eigenvalue weighted by Crippen LogP contribution is 2.24. The third-order valence-electron chi connectivity index (χ3n) is 2.72. The number of nitrogens with zero attached hydrogens (tertiary/aromatic N) is 1. The minimum Gasteiger partial charge on any atom is -0.495 e. The first-order valence-corrected chi connectivity index (χ1v) is 6.43. The number of anilines is 1. The number of nitrogen functional groups attached to an aromatic ring is 1. The van der Waals surface area contributed by atoms with Crippen LogP contribution in [0.15, 0.2) is 18.2 Å². The van der Waals surface area contributed by atoms with Crippen molar-refractivity contribution < 1.29 is 22.7 Å². The maximum atomic E-state index is 12.6. The van der Waals surface area contributed by atoms with E-state index in [0.29, 0.717) is 5.75 Å². The van der Waals surface area contributed by atoms with Crippen LogP contribution in [0.3, 0.4) is 0 Å². The van der Waals surface area contributed by atoms with Gasteiger partial charge in [-0.2, -0.15) is 13.2 Å². The van der Waals surface area contributed by atoms with E-state index in [4.69, 9.17) is 10.5 Å². The summed E-state index contributed by atoms with van der Waals surface area (Å²) in [6.45, 7) is 2.23. The van der Waals surface area contributed by atoms with Crippen molar-refractivity contribution in [3.63, 3.8) is 0 Å². The van der Waals surface area contributed by atoms with Crippen molar-refractivity contribution in [2.75, 3.05) is 25.9 Å². The molecule has 1 aromatic rings. The van der Waals surface area contributed by atoms with Gasteiger partial charge in [0, 0.05) is 12.1 Å². The zero-order valence-corrected chi connectivity index (χ0v) is 12.2. The summed E-state index contributed by atoms with van der Waals surface area (Å²) in [5.41, 5.74) is 6.00. The third-order valence-corrected chi connectivity index (χ3v) is 2.72. The molecule has 0 heterocycles. The Bertz CT molecular complexity index is 501. The van der Waals surface area contributed by atoms with E-state index in [1.165, 1.54) is 25.3 Å². The standard InChI is InChI=1S/C14H19F3N2O2/c1-9(2)7-19(8-14(15,16)17)13(20)10-4-5-12(21-3)11(18)6-10/h4-6,9H,7-8,18H2,1-3H3. The number of nitrogens with two attached hydrogens (primary N) is 1. The number of ether oxygens (including phenoxy) is 1. The summed E-state index contributed by atoms with van der Waals surface area (Å²) in [4.78, 5) is 13.0. The van der Waals surface area contributed by atoms with Crippen molar-refractivity contribution in [1.82, 2.24) is 4.90 Å². The Balaban J connectivity index is 3.01. The first kappa shape index (κ1) is 17.1. The molecular weight excluding hydrogens is 285 g/mol. The van der Waals surface area contributed by atoms with Gasteiger partial charge >= 0.3 is 6.18 Å². The Kier molecular flexibility index (Phi) is 5.46. The average molecular weight is 304 g/mol.